The van der Waals surface area contributed by atoms with E-state index in [1.807, 2.05) is 18.2 Å². The van der Waals surface area contributed by atoms with Gasteiger partial charge in [0.2, 0.25) is 0 Å². The van der Waals surface area contributed by atoms with E-state index >= 15 is 0 Å². The van der Waals surface area contributed by atoms with Gasteiger partial charge in [0.05, 0.1) is 4.47 Å². The van der Waals surface area contributed by atoms with Gasteiger partial charge in [0.25, 0.3) is 0 Å². The molecule has 0 aliphatic carbocycles. The Morgan fingerprint density at radius 1 is 1.53 bits per heavy atom. The Morgan fingerprint density at radius 2 is 2.33 bits per heavy atom. The van der Waals surface area contributed by atoms with Crippen LogP contribution in [0.15, 0.2) is 22.7 Å². The van der Waals surface area contributed by atoms with Gasteiger partial charge in [-0.25, -0.2) is 0 Å². The number of benzene rings is 1. The summed E-state index contributed by atoms with van der Waals surface area (Å²) >= 11 is 3.34. The van der Waals surface area contributed by atoms with Crippen molar-refractivity contribution in [2.75, 3.05) is 13.1 Å². The molecule has 1 unspecified atom stereocenters. The fourth-order valence-corrected chi connectivity index (χ4v) is 2.51. The number of phenolic OH excluding ortho intramolecular Hbond substituents is 1. The number of hydrogen-bond donors (Lipinski definition) is 1. The van der Waals surface area contributed by atoms with Crippen LogP contribution < -0.4 is 0 Å². The molecule has 2 nitrogen and oxygen atoms in total. The van der Waals surface area contributed by atoms with Gasteiger partial charge in [0.15, 0.2) is 0 Å². The van der Waals surface area contributed by atoms with Crippen molar-refractivity contribution in [2.24, 2.45) is 5.92 Å². The van der Waals surface area contributed by atoms with Gasteiger partial charge in [-0.3, -0.25) is 4.90 Å². The lowest BCUT2D eigenvalue weighted by atomic mass is 10.2. The van der Waals surface area contributed by atoms with E-state index in [2.05, 4.69) is 27.8 Å². The number of para-hydroxylation sites is 1. The molecule has 0 aromatic heterocycles. The fraction of sp³-hybridized carbons (Fsp3) is 0.500. The smallest absolute Gasteiger partial charge is 0.134 e. The van der Waals surface area contributed by atoms with Crippen LogP contribution in [0.3, 0.4) is 0 Å². The number of rotatable bonds is 2. The van der Waals surface area contributed by atoms with Crippen LogP contribution in [0.5, 0.6) is 5.75 Å². The molecule has 82 valence electrons. The van der Waals surface area contributed by atoms with Gasteiger partial charge in [-0.2, -0.15) is 0 Å². The Balaban J connectivity index is 2.07. The van der Waals surface area contributed by atoms with E-state index in [1.165, 1.54) is 6.42 Å². The predicted octanol–water partition coefficient (Wildman–Crippen LogP) is 3.00. The van der Waals surface area contributed by atoms with Crippen LogP contribution in [0.2, 0.25) is 0 Å². The Bertz CT molecular complexity index is 353. The summed E-state index contributed by atoms with van der Waals surface area (Å²) in [5, 5.41) is 9.85. The molecule has 1 heterocycles. The zero-order chi connectivity index (χ0) is 10.8. The summed E-state index contributed by atoms with van der Waals surface area (Å²) in [6.07, 6.45) is 1.27. The van der Waals surface area contributed by atoms with Gasteiger partial charge < -0.3 is 5.11 Å². The van der Waals surface area contributed by atoms with Gasteiger partial charge in [0, 0.05) is 18.7 Å². The van der Waals surface area contributed by atoms with Crippen LogP contribution >= 0.6 is 15.9 Å². The van der Waals surface area contributed by atoms with E-state index in [0.29, 0.717) is 5.75 Å². The summed E-state index contributed by atoms with van der Waals surface area (Å²) in [7, 11) is 0. The normalized spacial score (nSPS) is 22.1. The molecule has 1 atom stereocenters. The van der Waals surface area contributed by atoms with Gasteiger partial charge in [-0.15, -0.1) is 0 Å². The average Bonchev–Trinajstić information content (AvgIpc) is 2.59. The molecule has 0 amide bonds. The van der Waals surface area contributed by atoms with E-state index in [0.717, 1.165) is 35.6 Å². The zero-order valence-corrected chi connectivity index (χ0v) is 10.5. The molecule has 15 heavy (non-hydrogen) atoms. The Kier molecular flexibility index (Phi) is 3.32. The third-order valence-electron chi connectivity index (χ3n) is 2.97. The fourth-order valence-electron chi connectivity index (χ4n) is 2.10. The lowest BCUT2D eigenvalue weighted by Crippen LogP contribution is -2.19. The highest BCUT2D eigenvalue weighted by Crippen LogP contribution is 2.29. The monoisotopic (exact) mass is 269 g/mol. The number of likely N-dealkylation sites (tertiary alicyclic amines) is 1. The quantitative estimate of drug-likeness (QED) is 0.893. The summed E-state index contributed by atoms with van der Waals surface area (Å²) in [4.78, 5) is 2.40. The minimum Gasteiger partial charge on any atom is -0.506 e. The summed E-state index contributed by atoms with van der Waals surface area (Å²) in [6.45, 7) is 5.43. The molecule has 0 saturated carbocycles. The van der Waals surface area contributed by atoms with Crippen molar-refractivity contribution < 1.29 is 5.11 Å². The maximum Gasteiger partial charge on any atom is 0.134 e. The molecule has 1 fully saturated rings. The summed E-state index contributed by atoms with van der Waals surface area (Å²) in [6, 6.07) is 5.83. The van der Waals surface area contributed by atoms with Crippen molar-refractivity contribution in [3.63, 3.8) is 0 Å². The van der Waals surface area contributed by atoms with Crippen molar-refractivity contribution in [1.29, 1.82) is 0 Å². The molecule has 1 aromatic carbocycles. The van der Waals surface area contributed by atoms with Crippen molar-refractivity contribution in [1.82, 2.24) is 4.90 Å². The topological polar surface area (TPSA) is 23.5 Å². The highest BCUT2D eigenvalue weighted by atomic mass is 79.9. The predicted molar refractivity (Wildman–Crippen MR) is 64.9 cm³/mol. The third kappa shape index (κ3) is 2.52. The van der Waals surface area contributed by atoms with Crippen LogP contribution in [0.4, 0.5) is 0 Å². The van der Waals surface area contributed by atoms with Crippen LogP contribution in [0.25, 0.3) is 0 Å². The lowest BCUT2D eigenvalue weighted by Gasteiger charge is -2.16. The van der Waals surface area contributed by atoms with Gasteiger partial charge in [-0.1, -0.05) is 19.1 Å². The van der Waals surface area contributed by atoms with Crippen molar-refractivity contribution in [3.05, 3.63) is 28.2 Å². The molecule has 1 aliphatic rings. The third-order valence-corrected chi connectivity index (χ3v) is 3.61. The van der Waals surface area contributed by atoms with E-state index < -0.39 is 0 Å². The summed E-state index contributed by atoms with van der Waals surface area (Å²) in [5.74, 6) is 1.18. The molecule has 1 N–H and O–H groups in total. The van der Waals surface area contributed by atoms with Crippen LogP contribution in [0, 0.1) is 5.92 Å². The largest absolute Gasteiger partial charge is 0.506 e. The van der Waals surface area contributed by atoms with Gasteiger partial charge >= 0.3 is 0 Å². The Hall–Kier alpha value is -0.540. The van der Waals surface area contributed by atoms with Crippen molar-refractivity contribution in [2.45, 2.75) is 19.9 Å². The van der Waals surface area contributed by atoms with E-state index in [1.54, 1.807) is 0 Å². The molecule has 1 aromatic rings. The molecular formula is C12H16BrNO. The van der Waals surface area contributed by atoms with E-state index in [9.17, 15) is 5.11 Å². The number of halogens is 1. The molecule has 1 aliphatic heterocycles. The standard InChI is InChI=1S/C12H16BrNO/c1-9-5-6-14(7-9)8-10-3-2-4-11(13)12(10)15/h2-4,9,15H,5-8H2,1H3. The van der Waals surface area contributed by atoms with Gasteiger partial charge in [-0.05, 0) is 40.9 Å². The molecule has 3 heteroatoms. The second kappa shape index (κ2) is 4.54. The second-order valence-corrected chi connectivity index (χ2v) is 5.23. The average molecular weight is 270 g/mol. The maximum atomic E-state index is 9.85. The molecular weight excluding hydrogens is 254 g/mol. The highest BCUT2D eigenvalue weighted by Gasteiger charge is 2.19. The minimum atomic E-state index is 0.386. The number of phenols is 1. The molecule has 1 saturated heterocycles. The number of aromatic hydroxyl groups is 1. The zero-order valence-electron chi connectivity index (χ0n) is 8.91. The molecule has 0 radical (unpaired) electrons. The molecule has 0 spiro atoms. The first-order valence-corrected chi connectivity index (χ1v) is 6.15. The first kappa shape index (κ1) is 11.0. The first-order valence-electron chi connectivity index (χ1n) is 5.35. The van der Waals surface area contributed by atoms with Crippen LogP contribution in [-0.4, -0.2) is 23.1 Å². The van der Waals surface area contributed by atoms with Crippen LogP contribution in [0.1, 0.15) is 18.9 Å². The first-order chi connectivity index (χ1) is 7.16. The summed E-state index contributed by atoms with van der Waals surface area (Å²) in [5.41, 5.74) is 1.01. The van der Waals surface area contributed by atoms with Crippen LogP contribution in [-0.2, 0) is 6.54 Å². The number of hydrogen-bond acceptors (Lipinski definition) is 2. The maximum absolute atomic E-state index is 9.85. The lowest BCUT2D eigenvalue weighted by molar-refractivity contribution is 0.313. The second-order valence-electron chi connectivity index (χ2n) is 4.38. The van der Waals surface area contributed by atoms with E-state index in [4.69, 9.17) is 0 Å². The molecule has 2 rings (SSSR count). The van der Waals surface area contributed by atoms with Gasteiger partial charge in [0.1, 0.15) is 5.75 Å². The van der Waals surface area contributed by atoms with Crippen molar-refractivity contribution in [3.8, 4) is 5.75 Å². The Labute approximate surface area is 99.0 Å². The SMILES string of the molecule is CC1CCN(Cc2cccc(Br)c2O)C1. The highest BCUT2D eigenvalue weighted by molar-refractivity contribution is 9.10. The minimum absolute atomic E-state index is 0.386. The summed E-state index contributed by atoms with van der Waals surface area (Å²) < 4.78 is 0.784. The molecule has 0 bridgehead atoms. The Morgan fingerprint density at radius 3 is 3.00 bits per heavy atom. The number of nitrogens with zero attached hydrogens (tertiary/aromatic N) is 1. The van der Waals surface area contributed by atoms with E-state index in [-0.39, 0.29) is 0 Å². The van der Waals surface area contributed by atoms with Crippen molar-refractivity contribution >= 4 is 15.9 Å².